The van der Waals surface area contributed by atoms with Crippen LogP contribution in [0.15, 0.2) is 17.2 Å². The first kappa shape index (κ1) is 19.0. The number of pyridine rings is 1. The summed E-state index contributed by atoms with van der Waals surface area (Å²) in [6.45, 7) is 6.61. The van der Waals surface area contributed by atoms with E-state index in [0.717, 1.165) is 40.6 Å². The van der Waals surface area contributed by atoms with E-state index in [1.807, 2.05) is 18.7 Å². The van der Waals surface area contributed by atoms with Gasteiger partial charge in [0.05, 0.1) is 28.7 Å². The van der Waals surface area contributed by atoms with E-state index in [4.69, 9.17) is 9.72 Å². The van der Waals surface area contributed by atoms with Gasteiger partial charge in [-0.1, -0.05) is 13.8 Å². The molecule has 0 saturated heterocycles. The number of amides is 1. The number of benzene rings is 1. The van der Waals surface area contributed by atoms with Crippen LogP contribution < -0.4 is 0 Å². The number of esters is 1. The summed E-state index contributed by atoms with van der Waals surface area (Å²) in [7, 11) is 0. The monoisotopic (exact) mass is 420 g/mol. The van der Waals surface area contributed by atoms with Crippen LogP contribution in [0, 0.1) is 18.7 Å². The summed E-state index contributed by atoms with van der Waals surface area (Å²) < 4.78 is 20.0. The Kier molecular flexibility index (Phi) is 3.90. The third-order valence-electron chi connectivity index (χ3n) is 7.91. The van der Waals surface area contributed by atoms with Crippen LogP contribution in [0.5, 0.6) is 0 Å². The smallest absolute Gasteiger partial charge is 0.313 e. The zero-order chi connectivity index (χ0) is 21.6. The van der Waals surface area contributed by atoms with Crippen molar-refractivity contribution in [2.45, 2.75) is 65.0 Å². The SMILES string of the molecule is CCC1C(=O)OCC2=C1CC1c3nc4cc(F)c(C)c5c4c(c3CN1C2=O)C(C)CC5. The van der Waals surface area contributed by atoms with Gasteiger partial charge in [-0.25, -0.2) is 4.39 Å². The number of aromatic nitrogens is 1. The van der Waals surface area contributed by atoms with E-state index in [1.54, 1.807) is 6.07 Å². The van der Waals surface area contributed by atoms with Gasteiger partial charge in [-0.3, -0.25) is 14.6 Å². The molecule has 0 spiro atoms. The van der Waals surface area contributed by atoms with E-state index in [9.17, 15) is 14.0 Å². The lowest BCUT2D eigenvalue weighted by Gasteiger charge is -2.37. The number of carbonyl (C=O) groups excluding carboxylic acids is 2. The summed E-state index contributed by atoms with van der Waals surface area (Å²) in [6.07, 6.45) is 3.05. The third-order valence-corrected chi connectivity index (χ3v) is 7.91. The lowest BCUT2D eigenvalue weighted by atomic mass is 9.78. The first-order chi connectivity index (χ1) is 14.9. The minimum Gasteiger partial charge on any atom is -0.460 e. The van der Waals surface area contributed by atoms with Gasteiger partial charge in [0, 0.05) is 18.0 Å². The molecule has 2 aromatic rings. The van der Waals surface area contributed by atoms with Crippen molar-refractivity contribution >= 4 is 22.8 Å². The summed E-state index contributed by atoms with van der Waals surface area (Å²) in [4.78, 5) is 32.6. The van der Waals surface area contributed by atoms with Crippen molar-refractivity contribution in [1.82, 2.24) is 9.88 Å². The first-order valence-electron chi connectivity index (χ1n) is 11.2. The predicted molar refractivity (Wildman–Crippen MR) is 113 cm³/mol. The molecule has 0 bridgehead atoms. The fourth-order valence-electron chi connectivity index (χ4n) is 6.26. The largest absolute Gasteiger partial charge is 0.460 e. The number of ether oxygens (including phenoxy) is 1. The van der Waals surface area contributed by atoms with Gasteiger partial charge >= 0.3 is 5.97 Å². The molecule has 1 aromatic heterocycles. The van der Waals surface area contributed by atoms with Crippen LogP contribution in [0.25, 0.3) is 10.9 Å². The molecule has 0 fully saturated rings. The Morgan fingerprint density at radius 2 is 2.10 bits per heavy atom. The lowest BCUT2D eigenvalue weighted by Crippen LogP contribution is -2.42. The number of nitrogens with zero attached hydrogens (tertiary/aromatic N) is 2. The highest BCUT2D eigenvalue weighted by Crippen LogP contribution is 2.50. The molecule has 3 unspecified atom stereocenters. The molecule has 0 N–H and O–H groups in total. The second-order valence-electron chi connectivity index (χ2n) is 9.41. The van der Waals surface area contributed by atoms with E-state index in [-0.39, 0.29) is 36.3 Å². The average molecular weight is 420 g/mol. The van der Waals surface area contributed by atoms with Gasteiger partial charge in [0.1, 0.15) is 12.4 Å². The van der Waals surface area contributed by atoms with Gasteiger partial charge in [-0.2, -0.15) is 0 Å². The summed E-state index contributed by atoms with van der Waals surface area (Å²) in [5.74, 6) is -0.515. The first-order valence-corrected chi connectivity index (χ1v) is 11.2. The summed E-state index contributed by atoms with van der Waals surface area (Å²) in [5.41, 5.74) is 7.29. The average Bonchev–Trinajstić information content (AvgIpc) is 3.11. The normalized spacial score (nSPS) is 26.7. The minimum atomic E-state index is -0.358. The van der Waals surface area contributed by atoms with E-state index in [2.05, 4.69) is 6.92 Å². The molecule has 0 saturated carbocycles. The van der Waals surface area contributed by atoms with Crippen LogP contribution in [-0.4, -0.2) is 28.4 Å². The molecule has 1 aliphatic carbocycles. The van der Waals surface area contributed by atoms with Crippen LogP contribution in [0.4, 0.5) is 4.39 Å². The lowest BCUT2D eigenvalue weighted by molar-refractivity contribution is -0.149. The molecule has 1 amide bonds. The number of halogens is 1. The molecule has 3 atom stereocenters. The Morgan fingerprint density at radius 3 is 2.87 bits per heavy atom. The van der Waals surface area contributed by atoms with Crippen molar-refractivity contribution in [3.05, 3.63) is 51.0 Å². The van der Waals surface area contributed by atoms with Crippen LogP contribution >= 0.6 is 0 Å². The van der Waals surface area contributed by atoms with Gasteiger partial charge in [-0.05, 0) is 66.4 Å². The van der Waals surface area contributed by atoms with Crippen molar-refractivity contribution in [1.29, 1.82) is 0 Å². The fourth-order valence-corrected chi connectivity index (χ4v) is 6.26. The molecule has 160 valence electrons. The maximum Gasteiger partial charge on any atom is 0.313 e. The molecule has 5 nitrogen and oxygen atoms in total. The van der Waals surface area contributed by atoms with Crippen LogP contribution in [0.3, 0.4) is 0 Å². The highest BCUT2D eigenvalue weighted by molar-refractivity contribution is 5.99. The van der Waals surface area contributed by atoms with Crippen molar-refractivity contribution in [3.8, 4) is 0 Å². The van der Waals surface area contributed by atoms with Gasteiger partial charge < -0.3 is 9.64 Å². The van der Waals surface area contributed by atoms with Gasteiger partial charge in [0.25, 0.3) is 5.91 Å². The Morgan fingerprint density at radius 1 is 1.29 bits per heavy atom. The Labute approximate surface area is 180 Å². The summed E-state index contributed by atoms with van der Waals surface area (Å²) in [6, 6.07) is 1.37. The maximum atomic E-state index is 14.7. The van der Waals surface area contributed by atoms with E-state index in [0.29, 0.717) is 42.0 Å². The number of hydrogen-bond donors (Lipinski definition) is 0. The summed E-state index contributed by atoms with van der Waals surface area (Å²) in [5, 5.41) is 1.09. The molecule has 6 heteroatoms. The van der Waals surface area contributed by atoms with Gasteiger partial charge in [-0.15, -0.1) is 0 Å². The number of fused-ring (bicyclic) bond motifs is 4. The Hall–Kier alpha value is -2.76. The number of cyclic esters (lactones) is 1. The number of hydrogen-bond acceptors (Lipinski definition) is 4. The molecule has 31 heavy (non-hydrogen) atoms. The molecular formula is C25H25FN2O3. The zero-order valence-corrected chi connectivity index (χ0v) is 18.0. The van der Waals surface area contributed by atoms with Gasteiger partial charge in [0.15, 0.2) is 0 Å². The van der Waals surface area contributed by atoms with Crippen molar-refractivity contribution < 1.29 is 18.7 Å². The van der Waals surface area contributed by atoms with Crippen molar-refractivity contribution in [2.24, 2.45) is 5.92 Å². The molecule has 4 heterocycles. The second kappa shape index (κ2) is 6.38. The highest BCUT2D eigenvalue weighted by atomic mass is 19.1. The molecule has 4 aliphatic rings. The Balaban J connectivity index is 1.56. The number of rotatable bonds is 1. The maximum absolute atomic E-state index is 14.7. The fraction of sp³-hybridized carbons (Fsp3) is 0.480. The van der Waals surface area contributed by atoms with Crippen LogP contribution in [-0.2, 0) is 27.3 Å². The number of aryl methyl sites for hydroxylation is 1. The molecule has 3 aliphatic heterocycles. The molecule has 1 aromatic carbocycles. The molecule has 6 rings (SSSR count). The van der Waals surface area contributed by atoms with Crippen molar-refractivity contribution in [2.75, 3.05) is 6.61 Å². The van der Waals surface area contributed by atoms with Crippen molar-refractivity contribution in [3.63, 3.8) is 0 Å². The quantitative estimate of drug-likeness (QED) is 0.642. The predicted octanol–water partition coefficient (Wildman–Crippen LogP) is 4.40. The third kappa shape index (κ3) is 2.39. The number of carbonyl (C=O) groups is 2. The summed E-state index contributed by atoms with van der Waals surface area (Å²) >= 11 is 0. The van der Waals surface area contributed by atoms with Crippen LogP contribution in [0.2, 0.25) is 0 Å². The molecular weight excluding hydrogens is 395 g/mol. The second-order valence-corrected chi connectivity index (χ2v) is 9.41. The van der Waals surface area contributed by atoms with E-state index < -0.39 is 0 Å². The standard InChI is InChI=1S/C25H25FN2O3/c1-4-13-15-7-20-23-16(9-28(20)24(29)17(15)10-31-25(13)30)21-11(2)5-6-14-12(3)18(26)8-19(27-23)22(14)21/h8,11,13,20H,4-7,9-10H2,1-3H3. The topological polar surface area (TPSA) is 59.5 Å². The van der Waals surface area contributed by atoms with Gasteiger partial charge in [0.2, 0.25) is 0 Å². The molecule has 0 radical (unpaired) electrons. The van der Waals surface area contributed by atoms with E-state index >= 15 is 0 Å². The minimum absolute atomic E-state index is 0.0440. The zero-order valence-electron chi connectivity index (χ0n) is 18.0. The Bertz CT molecular complexity index is 1230. The highest BCUT2D eigenvalue weighted by Gasteiger charge is 2.47. The van der Waals surface area contributed by atoms with E-state index in [1.165, 1.54) is 5.56 Å². The van der Waals surface area contributed by atoms with Crippen LogP contribution in [0.1, 0.15) is 73.0 Å².